The van der Waals surface area contributed by atoms with Gasteiger partial charge in [0.25, 0.3) is 0 Å². The van der Waals surface area contributed by atoms with Crippen molar-refractivity contribution in [1.29, 1.82) is 0 Å². The van der Waals surface area contributed by atoms with Crippen molar-refractivity contribution in [2.45, 2.75) is 6.42 Å². The van der Waals surface area contributed by atoms with Gasteiger partial charge in [-0.2, -0.15) is 0 Å². The Morgan fingerprint density at radius 3 is 3.00 bits per heavy atom. The first-order chi connectivity index (χ1) is 10.1. The third kappa shape index (κ3) is 3.06. The van der Waals surface area contributed by atoms with Crippen molar-refractivity contribution < 1.29 is 14.3 Å². The maximum absolute atomic E-state index is 12.0. The lowest BCUT2D eigenvalue weighted by Gasteiger charge is -2.19. The van der Waals surface area contributed by atoms with Crippen molar-refractivity contribution in [1.82, 2.24) is 0 Å². The Bertz CT molecular complexity index is 624. The molecule has 0 aromatic heterocycles. The Kier molecular flexibility index (Phi) is 4.30. The van der Waals surface area contributed by atoms with E-state index in [4.69, 9.17) is 11.3 Å². The molecule has 2 rings (SSSR count). The van der Waals surface area contributed by atoms with Crippen LogP contribution in [-0.4, -0.2) is 32.1 Å². The van der Waals surface area contributed by atoms with E-state index in [9.17, 15) is 9.59 Å². The van der Waals surface area contributed by atoms with Crippen LogP contribution in [0.2, 0.25) is 0 Å². The molecule has 0 saturated carbocycles. The quantitative estimate of drug-likeness (QED) is 0.298. The number of nitrogens with two attached hydrogens (primary N) is 1. The second-order valence-corrected chi connectivity index (χ2v) is 4.75. The van der Waals surface area contributed by atoms with Gasteiger partial charge in [0.15, 0.2) is 0 Å². The van der Waals surface area contributed by atoms with Crippen LogP contribution in [-0.2, 0) is 9.53 Å². The fourth-order valence-electron chi connectivity index (χ4n) is 2.33. The molecule has 1 aromatic rings. The zero-order valence-electron chi connectivity index (χ0n) is 11.5. The number of amides is 1. The summed E-state index contributed by atoms with van der Waals surface area (Å²) < 4.78 is 4.62. The molecule has 1 aromatic carbocycles. The molecule has 0 spiro atoms. The minimum Gasteiger partial charge on any atom is -0.465 e. The highest BCUT2D eigenvalue weighted by Gasteiger charge is 2.31. The van der Waals surface area contributed by atoms with Gasteiger partial charge in [0, 0.05) is 24.4 Å². The highest BCUT2D eigenvalue weighted by Crippen LogP contribution is 2.30. The monoisotopic (exact) mass is 289 g/mol. The van der Waals surface area contributed by atoms with Crippen molar-refractivity contribution in [3.8, 4) is 0 Å². The number of hydrogen-bond acceptors (Lipinski definition) is 5. The fourth-order valence-corrected chi connectivity index (χ4v) is 2.33. The molecule has 1 aliphatic rings. The molecule has 1 fully saturated rings. The number of nitrogens with zero attached hydrogens (tertiary/aromatic N) is 4. The van der Waals surface area contributed by atoms with Gasteiger partial charge in [-0.05, 0) is 29.6 Å². The zero-order valence-corrected chi connectivity index (χ0v) is 11.5. The van der Waals surface area contributed by atoms with Gasteiger partial charge in [0.1, 0.15) is 0 Å². The number of rotatable bonds is 4. The lowest BCUT2D eigenvalue weighted by Crippen LogP contribution is -2.25. The molecule has 1 unspecified atom stereocenters. The molecular weight excluding hydrogens is 274 g/mol. The average molecular weight is 289 g/mol. The number of esters is 1. The lowest BCUT2D eigenvalue weighted by molar-refractivity contribution is -0.117. The van der Waals surface area contributed by atoms with Crippen LogP contribution in [0, 0.1) is 5.92 Å². The fraction of sp³-hybridized carbons (Fsp3) is 0.385. The van der Waals surface area contributed by atoms with E-state index in [0.29, 0.717) is 29.9 Å². The summed E-state index contributed by atoms with van der Waals surface area (Å²) in [5, 5.41) is 3.50. The predicted molar refractivity (Wildman–Crippen MR) is 76.7 cm³/mol. The normalized spacial score (nSPS) is 17.5. The third-order valence-electron chi connectivity index (χ3n) is 3.35. The largest absolute Gasteiger partial charge is 0.465 e. The number of anilines is 2. The van der Waals surface area contributed by atoms with Crippen LogP contribution in [0.15, 0.2) is 23.3 Å². The van der Waals surface area contributed by atoms with E-state index >= 15 is 0 Å². The highest BCUT2D eigenvalue weighted by atomic mass is 16.5. The van der Waals surface area contributed by atoms with E-state index in [0.717, 1.165) is 0 Å². The van der Waals surface area contributed by atoms with Gasteiger partial charge in [0.2, 0.25) is 5.91 Å². The molecular formula is C13H15N5O3. The topological polar surface area (TPSA) is 121 Å². The molecule has 1 aliphatic heterocycles. The number of hydrogen-bond donors (Lipinski definition) is 1. The molecule has 1 saturated heterocycles. The summed E-state index contributed by atoms with van der Waals surface area (Å²) in [7, 11) is 1.29. The summed E-state index contributed by atoms with van der Waals surface area (Å²) in [4.78, 5) is 27.7. The van der Waals surface area contributed by atoms with Crippen molar-refractivity contribution in [2.75, 3.05) is 30.8 Å². The molecule has 2 N–H and O–H groups in total. The summed E-state index contributed by atoms with van der Waals surface area (Å²) in [6.07, 6.45) is 0.317. The van der Waals surface area contributed by atoms with Crippen LogP contribution in [0.3, 0.4) is 0 Å². The summed E-state index contributed by atoms with van der Waals surface area (Å²) in [5.74, 6) is -0.582. The van der Waals surface area contributed by atoms with E-state index in [1.165, 1.54) is 13.2 Å². The standard InChI is InChI=1S/C13H15N5O3/c1-21-13(20)9-2-3-11(10(14)5-9)18-7-8(4-12(18)19)6-16-17-15/h2-3,5,8H,4,6-7,14H2,1H3. The smallest absolute Gasteiger partial charge is 0.337 e. The van der Waals surface area contributed by atoms with Gasteiger partial charge < -0.3 is 15.4 Å². The molecule has 0 bridgehead atoms. The molecule has 0 aliphatic carbocycles. The van der Waals surface area contributed by atoms with E-state index in [2.05, 4.69) is 14.8 Å². The summed E-state index contributed by atoms with van der Waals surface area (Å²) in [6.45, 7) is 0.721. The Balaban J connectivity index is 2.20. The third-order valence-corrected chi connectivity index (χ3v) is 3.35. The molecule has 21 heavy (non-hydrogen) atoms. The zero-order chi connectivity index (χ0) is 15.4. The minimum absolute atomic E-state index is 0.0203. The van der Waals surface area contributed by atoms with Crippen LogP contribution >= 0.6 is 0 Å². The average Bonchev–Trinajstić information content (AvgIpc) is 2.85. The Hall–Kier alpha value is -2.73. The van der Waals surface area contributed by atoms with Crippen LogP contribution < -0.4 is 10.6 Å². The van der Waals surface area contributed by atoms with Gasteiger partial charge in [-0.15, -0.1) is 0 Å². The van der Waals surface area contributed by atoms with Gasteiger partial charge in [0.05, 0.1) is 24.0 Å². The van der Waals surface area contributed by atoms with E-state index in [1.54, 1.807) is 17.0 Å². The van der Waals surface area contributed by atoms with Crippen LogP contribution in [0.5, 0.6) is 0 Å². The van der Waals surface area contributed by atoms with Gasteiger partial charge in [-0.3, -0.25) is 4.79 Å². The van der Waals surface area contributed by atoms with Crippen molar-refractivity contribution in [3.05, 3.63) is 34.2 Å². The lowest BCUT2D eigenvalue weighted by atomic mass is 10.1. The first-order valence-corrected chi connectivity index (χ1v) is 6.36. The number of carbonyl (C=O) groups is 2. The molecule has 110 valence electrons. The number of carbonyl (C=O) groups excluding carboxylic acids is 2. The number of azide groups is 1. The van der Waals surface area contributed by atoms with Crippen LogP contribution in [0.1, 0.15) is 16.8 Å². The first-order valence-electron chi connectivity index (χ1n) is 6.36. The summed E-state index contributed by atoms with van der Waals surface area (Å²) in [6, 6.07) is 4.66. The number of ether oxygens (including phenoxy) is 1. The Morgan fingerprint density at radius 2 is 2.38 bits per heavy atom. The maximum Gasteiger partial charge on any atom is 0.337 e. The van der Waals surface area contributed by atoms with Gasteiger partial charge in [-0.25, -0.2) is 4.79 Å². The van der Waals surface area contributed by atoms with E-state index in [-0.39, 0.29) is 18.4 Å². The minimum atomic E-state index is -0.484. The molecule has 8 nitrogen and oxygen atoms in total. The summed E-state index contributed by atoms with van der Waals surface area (Å²) in [5.41, 5.74) is 15.5. The number of benzene rings is 1. The second kappa shape index (κ2) is 6.15. The molecule has 1 amide bonds. The van der Waals surface area contributed by atoms with Gasteiger partial charge in [-0.1, -0.05) is 5.11 Å². The van der Waals surface area contributed by atoms with Gasteiger partial charge >= 0.3 is 5.97 Å². The van der Waals surface area contributed by atoms with E-state index < -0.39 is 5.97 Å². The Labute approximate surface area is 121 Å². The van der Waals surface area contributed by atoms with E-state index in [1.807, 2.05) is 0 Å². The highest BCUT2D eigenvalue weighted by molar-refractivity contribution is 6.00. The first kappa shape index (κ1) is 14.7. The maximum atomic E-state index is 12.0. The second-order valence-electron chi connectivity index (χ2n) is 4.75. The number of methoxy groups -OCH3 is 1. The molecule has 0 radical (unpaired) electrons. The number of nitrogen functional groups attached to an aromatic ring is 1. The summed E-state index contributed by atoms with van der Waals surface area (Å²) >= 11 is 0. The predicted octanol–water partition coefficient (Wildman–Crippen LogP) is 1.72. The van der Waals surface area contributed by atoms with Crippen LogP contribution in [0.4, 0.5) is 11.4 Å². The molecule has 8 heteroatoms. The Morgan fingerprint density at radius 1 is 1.62 bits per heavy atom. The van der Waals surface area contributed by atoms with Crippen molar-refractivity contribution in [3.63, 3.8) is 0 Å². The van der Waals surface area contributed by atoms with Crippen molar-refractivity contribution in [2.24, 2.45) is 11.0 Å². The van der Waals surface area contributed by atoms with Crippen molar-refractivity contribution >= 4 is 23.3 Å². The van der Waals surface area contributed by atoms with Crippen LogP contribution in [0.25, 0.3) is 10.4 Å². The SMILES string of the molecule is COC(=O)c1ccc(N2CC(CN=[N+]=[N-])CC2=O)c(N)c1. The molecule has 1 atom stereocenters. The molecule has 1 heterocycles.